The van der Waals surface area contributed by atoms with E-state index in [4.69, 9.17) is 4.74 Å². The Labute approximate surface area is 147 Å². The summed E-state index contributed by atoms with van der Waals surface area (Å²) in [5, 5.41) is 3.35. The first-order valence-electron chi connectivity index (χ1n) is 9.99. The molecular formula is C19H35N3O2. The van der Waals surface area contributed by atoms with Gasteiger partial charge in [-0.3, -0.25) is 9.69 Å². The van der Waals surface area contributed by atoms with E-state index in [0.29, 0.717) is 11.8 Å². The van der Waals surface area contributed by atoms with Crippen molar-refractivity contribution in [2.45, 2.75) is 56.9 Å². The molecule has 2 heterocycles. The zero-order valence-electron chi connectivity index (χ0n) is 15.4. The molecular weight excluding hydrogens is 302 g/mol. The fourth-order valence-electron chi connectivity index (χ4n) is 4.87. The highest BCUT2D eigenvalue weighted by Gasteiger charge is 2.45. The molecule has 2 saturated heterocycles. The molecule has 138 valence electrons. The number of likely N-dealkylation sites (tertiary alicyclic amines) is 2. The van der Waals surface area contributed by atoms with Crippen molar-refractivity contribution in [3.63, 3.8) is 0 Å². The summed E-state index contributed by atoms with van der Waals surface area (Å²) in [6.45, 7) is 7.12. The Hall–Kier alpha value is -0.650. The first-order valence-corrected chi connectivity index (χ1v) is 9.99. The summed E-state index contributed by atoms with van der Waals surface area (Å²) in [5.74, 6) is 0.921. The van der Waals surface area contributed by atoms with E-state index in [0.717, 1.165) is 58.7 Å². The second-order valence-corrected chi connectivity index (χ2v) is 7.94. The fraction of sp³-hybridized carbons (Fsp3) is 0.947. The molecule has 2 aliphatic heterocycles. The van der Waals surface area contributed by atoms with Gasteiger partial charge in [-0.2, -0.15) is 0 Å². The molecule has 0 radical (unpaired) electrons. The minimum Gasteiger partial charge on any atom is -0.383 e. The molecule has 0 aromatic rings. The lowest BCUT2D eigenvalue weighted by atomic mass is 9.79. The van der Waals surface area contributed by atoms with Crippen LogP contribution in [0.5, 0.6) is 0 Å². The third-order valence-corrected chi connectivity index (χ3v) is 6.35. The van der Waals surface area contributed by atoms with Crippen molar-refractivity contribution >= 4 is 5.91 Å². The normalized spacial score (nSPS) is 28.3. The quantitative estimate of drug-likeness (QED) is 0.770. The zero-order chi connectivity index (χ0) is 16.8. The molecule has 1 saturated carbocycles. The third-order valence-electron chi connectivity index (χ3n) is 6.35. The number of nitrogens with one attached hydrogen (secondary N) is 1. The van der Waals surface area contributed by atoms with Crippen molar-refractivity contribution in [3.8, 4) is 0 Å². The number of hydrogen-bond acceptors (Lipinski definition) is 4. The van der Waals surface area contributed by atoms with E-state index in [1.807, 2.05) is 0 Å². The predicted octanol–water partition coefficient (Wildman–Crippen LogP) is 1.87. The van der Waals surface area contributed by atoms with Gasteiger partial charge in [-0.15, -0.1) is 0 Å². The summed E-state index contributed by atoms with van der Waals surface area (Å²) in [7, 11) is 1.76. The fourth-order valence-corrected chi connectivity index (χ4v) is 4.87. The first-order chi connectivity index (χ1) is 11.7. The number of methoxy groups -OCH3 is 1. The topological polar surface area (TPSA) is 44.8 Å². The average molecular weight is 338 g/mol. The minimum atomic E-state index is -0.191. The van der Waals surface area contributed by atoms with Crippen LogP contribution in [0.4, 0.5) is 0 Å². The number of rotatable bonds is 7. The molecule has 0 bridgehead atoms. The molecule has 0 aromatic heterocycles. The van der Waals surface area contributed by atoms with Crippen LogP contribution in [0.3, 0.4) is 0 Å². The summed E-state index contributed by atoms with van der Waals surface area (Å²) in [4.78, 5) is 18.1. The van der Waals surface area contributed by atoms with Crippen molar-refractivity contribution in [3.05, 3.63) is 0 Å². The molecule has 24 heavy (non-hydrogen) atoms. The van der Waals surface area contributed by atoms with E-state index in [-0.39, 0.29) is 5.54 Å². The van der Waals surface area contributed by atoms with Gasteiger partial charge in [0, 0.05) is 26.7 Å². The van der Waals surface area contributed by atoms with Crippen LogP contribution >= 0.6 is 0 Å². The first kappa shape index (κ1) is 18.2. The van der Waals surface area contributed by atoms with Gasteiger partial charge in [0.15, 0.2) is 0 Å². The maximum absolute atomic E-state index is 13.1. The molecule has 0 unspecified atom stereocenters. The summed E-state index contributed by atoms with van der Waals surface area (Å²) in [6.07, 6.45) is 9.53. The smallest absolute Gasteiger partial charge is 0.240 e. The molecule has 0 spiro atoms. The number of carbonyl (C=O) groups is 1. The molecule has 1 atom stereocenters. The number of amides is 1. The third kappa shape index (κ3) is 4.12. The Morgan fingerprint density at radius 2 is 1.88 bits per heavy atom. The van der Waals surface area contributed by atoms with Crippen LogP contribution in [-0.2, 0) is 9.53 Å². The van der Waals surface area contributed by atoms with Gasteiger partial charge >= 0.3 is 0 Å². The average Bonchev–Trinajstić information content (AvgIpc) is 3.30. The minimum absolute atomic E-state index is 0.191. The van der Waals surface area contributed by atoms with Crippen LogP contribution in [0.15, 0.2) is 0 Å². The van der Waals surface area contributed by atoms with Gasteiger partial charge in [0.1, 0.15) is 5.54 Å². The van der Waals surface area contributed by atoms with E-state index in [9.17, 15) is 4.79 Å². The Bertz CT molecular complexity index is 403. The van der Waals surface area contributed by atoms with Gasteiger partial charge in [0.05, 0.1) is 6.61 Å². The summed E-state index contributed by atoms with van der Waals surface area (Å²) >= 11 is 0. The zero-order valence-corrected chi connectivity index (χ0v) is 15.4. The summed E-state index contributed by atoms with van der Waals surface area (Å²) in [6, 6.07) is 0. The number of hydrogen-bond donors (Lipinski definition) is 1. The molecule has 1 amide bonds. The second-order valence-electron chi connectivity index (χ2n) is 7.94. The van der Waals surface area contributed by atoms with Crippen molar-refractivity contribution in [2.24, 2.45) is 5.92 Å². The SMILES string of the molecule is COCCN1CC[C@H](CNC(=O)C2(N3CCCC3)CCCCC2)C1. The predicted molar refractivity (Wildman–Crippen MR) is 96.1 cm³/mol. The van der Waals surface area contributed by atoms with E-state index in [1.165, 1.54) is 38.5 Å². The van der Waals surface area contributed by atoms with E-state index in [2.05, 4.69) is 15.1 Å². The Balaban J connectivity index is 1.51. The number of ether oxygens (including phenoxy) is 1. The van der Waals surface area contributed by atoms with Crippen molar-refractivity contribution in [2.75, 3.05) is 53.0 Å². The lowest BCUT2D eigenvalue weighted by molar-refractivity contribution is -0.135. The van der Waals surface area contributed by atoms with Crippen molar-refractivity contribution in [1.82, 2.24) is 15.1 Å². The summed E-state index contributed by atoms with van der Waals surface area (Å²) < 4.78 is 5.17. The number of carbonyl (C=O) groups excluding carboxylic acids is 1. The van der Waals surface area contributed by atoms with Crippen LogP contribution in [0.1, 0.15) is 51.4 Å². The molecule has 0 aromatic carbocycles. The van der Waals surface area contributed by atoms with Gasteiger partial charge < -0.3 is 15.0 Å². The van der Waals surface area contributed by atoms with E-state index in [1.54, 1.807) is 7.11 Å². The highest BCUT2D eigenvalue weighted by Crippen LogP contribution is 2.36. The summed E-state index contributed by atoms with van der Waals surface area (Å²) in [5.41, 5.74) is -0.191. The molecule has 3 fully saturated rings. The monoisotopic (exact) mass is 337 g/mol. The van der Waals surface area contributed by atoms with Crippen molar-refractivity contribution in [1.29, 1.82) is 0 Å². The standard InChI is InChI=1S/C19H35N3O2/c1-24-14-13-21-12-7-17(16-21)15-20-18(23)19(8-3-2-4-9-19)22-10-5-6-11-22/h17H,2-16H2,1H3,(H,20,23)/t17-/m1/s1. The molecule has 1 N–H and O–H groups in total. The van der Waals surface area contributed by atoms with Crippen LogP contribution < -0.4 is 5.32 Å². The van der Waals surface area contributed by atoms with Gasteiger partial charge in [0.25, 0.3) is 0 Å². The maximum Gasteiger partial charge on any atom is 0.240 e. The van der Waals surface area contributed by atoms with Crippen LogP contribution in [0, 0.1) is 5.92 Å². The van der Waals surface area contributed by atoms with E-state index < -0.39 is 0 Å². The van der Waals surface area contributed by atoms with Gasteiger partial charge in [-0.25, -0.2) is 0 Å². The Kier molecular flexibility index (Phi) is 6.53. The maximum atomic E-state index is 13.1. The van der Waals surface area contributed by atoms with Gasteiger partial charge in [-0.05, 0) is 57.7 Å². The van der Waals surface area contributed by atoms with Crippen molar-refractivity contribution < 1.29 is 9.53 Å². The largest absolute Gasteiger partial charge is 0.383 e. The molecule has 1 aliphatic carbocycles. The van der Waals surface area contributed by atoms with E-state index >= 15 is 0 Å². The Morgan fingerprint density at radius 3 is 2.58 bits per heavy atom. The molecule has 5 heteroatoms. The van der Waals surface area contributed by atoms with Crippen LogP contribution in [0.2, 0.25) is 0 Å². The lowest BCUT2D eigenvalue weighted by Crippen LogP contribution is -2.59. The highest BCUT2D eigenvalue weighted by atomic mass is 16.5. The van der Waals surface area contributed by atoms with Crippen LogP contribution in [-0.4, -0.2) is 74.2 Å². The molecule has 5 nitrogen and oxygen atoms in total. The molecule has 3 aliphatic rings. The molecule has 3 rings (SSSR count). The lowest BCUT2D eigenvalue weighted by Gasteiger charge is -2.43. The number of nitrogens with zero attached hydrogens (tertiary/aromatic N) is 2. The Morgan fingerprint density at radius 1 is 1.12 bits per heavy atom. The highest BCUT2D eigenvalue weighted by molar-refractivity contribution is 5.86. The van der Waals surface area contributed by atoms with Gasteiger partial charge in [-0.1, -0.05) is 19.3 Å². The van der Waals surface area contributed by atoms with Gasteiger partial charge in [0.2, 0.25) is 5.91 Å². The van der Waals surface area contributed by atoms with Crippen LogP contribution in [0.25, 0.3) is 0 Å². The second kappa shape index (κ2) is 8.63.